The van der Waals surface area contributed by atoms with Gasteiger partial charge in [-0.3, -0.25) is 4.79 Å². The van der Waals surface area contributed by atoms with E-state index in [1.165, 1.54) is 19.3 Å². The number of ether oxygens (including phenoxy) is 1. The monoisotopic (exact) mass is 302 g/mol. The number of nitrogens with zero attached hydrogens (tertiary/aromatic N) is 1. The molecule has 2 aliphatic rings. The second-order valence-corrected chi connectivity index (χ2v) is 6.82. The Morgan fingerprint density at radius 3 is 2.77 bits per heavy atom. The molecule has 0 unspecified atom stereocenters. The minimum absolute atomic E-state index is 0.198. The quantitative estimate of drug-likeness (QED) is 0.873. The first kappa shape index (κ1) is 15.3. The molecule has 2 N–H and O–H groups in total. The fourth-order valence-corrected chi connectivity index (χ4v) is 4.24. The molecule has 1 aromatic carbocycles. The van der Waals surface area contributed by atoms with E-state index in [1.54, 1.807) is 0 Å². The van der Waals surface area contributed by atoms with Crippen LogP contribution in [0.3, 0.4) is 0 Å². The number of anilines is 1. The zero-order chi connectivity index (χ0) is 15.6. The van der Waals surface area contributed by atoms with E-state index < -0.39 is 0 Å². The number of likely N-dealkylation sites (tertiary alicyclic amines) is 1. The van der Waals surface area contributed by atoms with Crippen LogP contribution in [0.25, 0.3) is 0 Å². The molecular weight excluding hydrogens is 276 g/mol. The van der Waals surface area contributed by atoms with Crippen LogP contribution in [0.5, 0.6) is 0 Å². The predicted molar refractivity (Wildman–Crippen MR) is 87.5 cm³/mol. The molecule has 0 aromatic heterocycles. The van der Waals surface area contributed by atoms with Crippen LogP contribution in [0.1, 0.15) is 37.7 Å². The number of carbonyl (C=O) groups is 1. The summed E-state index contributed by atoms with van der Waals surface area (Å²) in [6.45, 7) is 1.74. The maximum absolute atomic E-state index is 12.6. The van der Waals surface area contributed by atoms with Crippen molar-refractivity contribution < 1.29 is 9.53 Å². The minimum atomic E-state index is 0.198. The summed E-state index contributed by atoms with van der Waals surface area (Å²) in [6, 6.07) is 7.61. The molecule has 1 saturated heterocycles. The summed E-state index contributed by atoms with van der Waals surface area (Å²) in [5, 5.41) is 0. The van der Waals surface area contributed by atoms with Gasteiger partial charge in [0.05, 0.1) is 12.5 Å². The van der Waals surface area contributed by atoms with Gasteiger partial charge in [-0.25, -0.2) is 0 Å². The van der Waals surface area contributed by atoms with Gasteiger partial charge in [-0.1, -0.05) is 18.6 Å². The number of piperidine rings is 1. The fraction of sp³-hybridized carbons (Fsp3) is 0.611. The highest BCUT2D eigenvalue weighted by Gasteiger charge is 2.46. The van der Waals surface area contributed by atoms with Crippen LogP contribution in [0.15, 0.2) is 24.3 Å². The molecule has 1 aromatic rings. The van der Waals surface area contributed by atoms with Crippen molar-refractivity contribution in [3.05, 3.63) is 29.8 Å². The van der Waals surface area contributed by atoms with E-state index in [1.807, 2.05) is 31.4 Å². The third-order valence-electron chi connectivity index (χ3n) is 5.40. The number of carbonyl (C=O) groups excluding carboxylic acids is 1. The van der Waals surface area contributed by atoms with Crippen molar-refractivity contribution in [2.24, 2.45) is 5.41 Å². The number of nitrogens with two attached hydrogens (primary N) is 1. The zero-order valence-electron chi connectivity index (χ0n) is 13.4. The fourth-order valence-electron chi connectivity index (χ4n) is 4.24. The molecule has 1 aliphatic heterocycles. The van der Waals surface area contributed by atoms with Gasteiger partial charge < -0.3 is 15.4 Å². The van der Waals surface area contributed by atoms with E-state index in [4.69, 9.17) is 10.5 Å². The Balaban J connectivity index is 1.66. The Morgan fingerprint density at radius 2 is 2.05 bits per heavy atom. The third kappa shape index (κ3) is 2.98. The van der Waals surface area contributed by atoms with Gasteiger partial charge in [-0.2, -0.15) is 0 Å². The molecule has 4 nitrogen and oxygen atoms in total. The molecule has 2 fully saturated rings. The average molecular weight is 302 g/mol. The van der Waals surface area contributed by atoms with Crippen LogP contribution >= 0.6 is 0 Å². The second-order valence-electron chi connectivity index (χ2n) is 6.82. The molecule has 120 valence electrons. The number of benzene rings is 1. The molecule has 1 spiro atoms. The van der Waals surface area contributed by atoms with E-state index in [9.17, 15) is 4.79 Å². The van der Waals surface area contributed by atoms with Gasteiger partial charge in [-0.05, 0) is 43.4 Å². The normalized spacial score (nSPS) is 28.2. The van der Waals surface area contributed by atoms with E-state index in [2.05, 4.69) is 4.90 Å². The first-order chi connectivity index (χ1) is 10.6. The largest absolute Gasteiger partial charge is 0.399 e. The maximum Gasteiger partial charge on any atom is 0.227 e. The van der Waals surface area contributed by atoms with E-state index in [0.717, 1.165) is 37.2 Å². The van der Waals surface area contributed by atoms with Crippen LogP contribution in [-0.4, -0.2) is 37.1 Å². The van der Waals surface area contributed by atoms with E-state index >= 15 is 0 Å². The summed E-state index contributed by atoms with van der Waals surface area (Å²) in [7, 11) is 1.81. The molecule has 4 heteroatoms. The van der Waals surface area contributed by atoms with Gasteiger partial charge in [0.1, 0.15) is 0 Å². The van der Waals surface area contributed by atoms with Crippen molar-refractivity contribution >= 4 is 11.6 Å². The first-order valence-electron chi connectivity index (χ1n) is 8.28. The van der Waals surface area contributed by atoms with E-state index in [-0.39, 0.29) is 11.3 Å². The van der Waals surface area contributed by atoms with E-state index in [0.29, 0.717) is 12.5 Å². The topological polar surface area (TPSA) is 55.6 Å². The summed E-state index contributed by atoms with van der Waals surface area (Å²) in [5.41, 5.74) is 7.67. The smallest absolute Gasteiger partial charge is 0.227 e. The Hall–Kier alpha value is -1.55. The summed E-state index contributed by atoms with van der Waals surface area (Å²) < 4.78 is 5.71. The summed E-state index contributed by atoms with van der Waals surface area (Å²) in [6.07, 6.45) is 6.62. The van der Waals surface area contributed by atoms with Gasteiger partial charge in [0.25, 0.3) is 0 Å². The molecule has 2 atom stereocenters. The lowest BCUT2D eigenvalue weighted by atomic mass is 9.76. The number of nitrogen functional groups attached to an aromatic ring is 1. The zero-order valence-corrected chi connectivity index (χ0v) is 13.4. The summed E-state index contributed by atoms with van der Waals surface area (Å²) in [5.74, 6) is 0.227. The van der Waals surface area contributed by atoms with Crippen molar-refractivity contribution in [1.29, 1.82) is 0 Å². The van der Waals surface area contributed by atoms with Gasteiger partial charge in [-0.15, -0.1) is 0 Å². The highest BCUT2D eigenvalue weighted by atomic mass is 16.5. The molecule has 0 bridgehead atoms. The van der Waals surface area contributed by atoms with Crippen molar-refractivity contribution in [3.63, 3.8) is 0 Å². The number of rotatable bonds is 3. The number of methoxy groups -OCH3 is 1. The predicted octanol–water partition coefficient (Wildman–Crippen LogP) is 2.62. The first-order valence-corrected chi connectivity index (χ1v) is 8.28. The van der Waals surface area contributed by atoms with Crippen LogP contribution in [0.2, 0.25) is 0 Å². The Morgan fingerprint density at radius 1 is 1.32 bits per heavy atom. The van der Waals surface area contributed by atoms with Crippen molar-refractivity contribution in [1.82, 2.24) is 4.90 Å². The molecule has 22 heavy (non-hydrogen) atoms. The molecule has 1 amide bonds. The van der Waals surface area contributed by atoms with Gasteiger partial charge in [0.15, 0.2) is 0 Å². The summed E-state index contributed by atoms with van der Waals surface area (Å²) in [4.78, 5) is 14.7. The molecule has 3 rings (SSSR count). The Labute approximate surface area is 132 Å². The van der Waals surface area contributed by atoms with Gasteiger partial charge in [0, 0.05) is 31.3 Å². The summed E-state index contributed by atoms with van der Waals surface area (Å²) >= 11 is 0. The molecule has 1 aliphatic carbocycles. The Kier molecular flexibility index (Phi) is 4.39. The van der Waals surface area contributed by atoms with Gasteiger partial charge >= 0.3 is 0 Å². The SMILES string of the molecule is CO[C@@H]1CCC[C@]12CCCN(C(=O)Cc1ccc(N)cc1)C2. The number of hydrogen-bond donors (Lipinski definition) is 1. The number of hydrogen-bond acceptors (Lipinski definition) is 3. The lowest BCUT2D eigenvalue weighted by molar-refractivity contribution is -0.136. The molecule has 1 saturated carbocycles. The second kappa shape index (κ2) is 6.29. The van der Waals surface area contributed by atoms with Crippen LogP contribution in [0, 0.1) is 5.41 Å². The lowest BCUT2D eigenvalue weighted by Crippen LogP contribution is -2.50. The molecular formula is C18H26N2O2. The molecule has 0 radical (unpaired) electrons. The van der Waals surface area contributed by atoms with Crippen LogP contribution < -0.4 is 5.73 Å². The van der Waals surface area contributed by atoms with Crippen molar-refractivity contribution in [2.45, 2.75) is 44.6 Å². The minimum Gasteiger partial charge on any atom is -0.399 e. The average Bonchev–Trinajstić information content (AvgIpc) is 2.91. The lowest BCUT2D eigenvalue weighted by Gasteiger charge is -2.43. The van der Waals surface area contributed by atoms with Crippen molar-refractivity contribution in [3.8, 4) is 0 Å². The van der Waals surface area contributed by atoms with Crippen molar-refractivity contribution in [2.75, 3.05) is 25.9 Å². The number of amides is 1. The standard InChI is InChI=1S/C18H26N2O2/c1-22-16-4-2-9-18(16)10-3-11-20(13-18)17(21)12-14-5-7-15(19)8-6-14/h5-8,16H,2-4,9-13,19H2,1H3/t16-,18-/m1/s1. The Bertz CT molecular complexity index is 528. The maximum atomic E-state index is 12.6. The van der Waals surface area contributed by atoms with Gasteiger partial charge in [0.2, 0.25) is 5.91 Å². The van der Waals surface area contributed by atoms with Crippen LogP contribution in [0.4, 0.5) is 5.69 Å². The third-order valence-corrected chi connectivity index (χ3v) is 5.40. The highest BCUT2D eigenvalue weighted by molar-refractivity contribution is 5.79. The highest BCUT2D eigenvalue weighted by Crippen LogP contribution is 2.46. The molecule has 1 heterocycles. The van der Waals surface area contributed by atoms with Crippen LogP contribution in [-0.2, 0) is 16.0 Å².